The van der Waals surface area contributed by atoms with Crippen LogP contribution in [-0.2, 0) is 14.3 Å². The van der Waals surface area contributed by atoms with Crippen molar-refractivity contribution >= 4 is 5.91 Å². The minimum Gasteiger partial charge on any atom is -0.394 e. The van der Waals surface area contributed by atoms with Gasteiger partial charge in [-0.05, 0) is 70.6 Å². The highest BCUT2D eigenvalue weighted by atomic mass is 16.7. The van der Waals surface area contributed by atoms with Crippen LogP contribution in [0.5, 0.6) is 0 Å². The monoisotopic (exact) mass is 1150 g/mol. The molecule has 478 valence electrons. The lowest BCUT2D eigenvalue weighted by Crippen LogP contribution is -2.60. The highest BCUT2D eigenvalue weighted by Gasteiger charge is 2.44. The number of aliphatic hydroxyl groups excluding tert-OH is 7. The van der Waals surface area contributed by atoms with Gasteiger partial charge in [0, 0.05) is 0 Å². The molecule has 9 atom stereocenters. The van der Waals surface area contributed by atoms with Crippen molar-refractivity contribution in [2.24, 2.45) is 0 Å². The summed E-state index contributed by atoms with van der Waals surface area (Å²) in [7, 11) is 0. The molecule has 0 aromatic rings. The fourth-order valence-electron chi connectivity index (χ4n) is 11.3. The Kier molecular flexibility index (Phi) is 56.0. The Morgan fingerprint density at radius 1 is 0.432 bits per heavy atom. The van der Waals surface area contributed by atoms with E-state index in [0.717, 1.165) is 44.9 Å². The number of aliphatic hydroxyl groups is 7. The summed E-state index contributed by atoms with van der Waals surface area (Å²) in [4.78, 5) is 13.2. The van der Waals surface area contributed by atoms with Crippen LogP contribution in [-0.4, -0.2) is 110 Å². The maximum Gasteiger partial charge on any atom is 0.249 e. The first-order valence-electron chi connectivity index (χ1n) is 34.9. The van der Waals surface area contributed by atoms with E-state index in [1.807, 2.05) is 0 Å². The zero-order valence-corrected chi connectivity index (χ0v) is 52.8. The molecule has 0 bridgehead atoms. The van der Waals surface area contributed by atoms with Gasteiger partial charge in [0.1, 0.15) is 36.6 Å². The third-order valence-corrected chi connectivity index (χ3v) is 16.9. The summed E-state index contributed by atoms with van der Waals surface area (Å²) >= 11 is 0. The number of carbonyl (C=O) groups is 1. The summed E-state index contributed by atoms with van der Waals surface area (Å²) in [5.41, 5.74) is 0. The fourth-order valence-corrected chi connectivity index (χ4v) is 11.3. The van der Waals surface area contributed by atoms with Gasteiger partial charge in [-0.3, -0.25) is 4.79 Å². The summed E-state index contributed by atoms with van der Waals surface area (Å²) < 4.78 is 11.2. The number of hydrogen-bond acceptors (Lipinski definition) is 10. The SMILES string of the molecule is CCCCCCCCCCCCCCC/C=C\C/C=C\CCCCCCCCCCCCCCCCCCC(O)C(=O)NC(COC1OC(CO)C(O)C(O)C1O)C(O)C(O)CCC/C=C/CCCCCCCCCCCCCCC. The van der Waals surface area contributed by atoms with Crippen molar-refractivity contribution in [3.05, 3.63) is 36.5 Å². The number of allylic oxidation sites excluding steroid dienone is 6. The summed E-state index contributed by atoms with van der Waals surface area (Å²) in [5, 5.41) is 76.4. The van der Waals surface area contributed by atoms with Crippen molar-refractivity contribution in [3.8, 4) is 0 Å². The van der Waals surface area contributed by atoms with E-state index in [9.17, 15) is 40.5 Å². The highest BCUT2D eigenvalue weighted by Crippen LogP contribution is 2.24. The van der Waals surface area contributed by atoms with Crippen LogP contribution in [0.25, 0.3) is 0 Å². The first kappa shape index (κ1) is 77.3. The largest absolute Gasteiger partial charge is 0.394 e. The van der Waals surface area contributed by atoms with Gasteiger partial charge in [0.25, 0.3) is 0 Å². The quantitative estimate of drug-likeness (QED) is 0.0215. The molecule has 1 rings (SSSR count). The molecule has 0 aliphatic carbocycles. The Hall–Kier alpha value is -1.67. The summed E-state index contributed by atoms with van der Waals surface area (Å²) in [6, 6.07) is -1.19. The lowest BCUT2D eigenvalue weighted by atomic mass is 9.98. The lowest BCUT2D eigenvalue weighted by Gasteiger charge is -2.40. The van der Waals surface area contributed by atoms with Crippen molar-refractivity contribution in [2.75, 3.05) is 13.2 Å². The molecule has 0 aromatic heterocycles. The van der Waals surface area contributed by atoms with E-state index in [-0.39, 0.29) is 12.8 Å². The molecule has 0 spiro atoms. The van der Waals surface area contributed by atoms with E-state index in [4.69, 9.17) is 9.47 Å². The standard InChI is InChI=1S/C70H133NO10/c1-3-5-7-9-11-13-15-17-19-21-23-24-25-26-27-28-29-30-31-32-33-34-35-36-37-38-39-40-42-44-46-48-50-52-54-56-58-63(74)69(79)71-61(60-80-70-68(78)67(77)66(76)64(59-72)81-70)65(75)62(73)57-55-53-51-49-47-45-43-41-22-20-18-16-14-12-10-8-6-4-2/h27-28,30-31,49,51,61-68,70,72-78H,3-26,29,32-48,50,52-60H2,1-2H3,(H,71,79)/b28-27-,31-30-,51-49+. The van der Waals surface area contributed by atoms with Crippen LogP contribution in [0.2, 0.25) is 0 Å². The van der Waals surface area contributed by atoms with Crippen LogP contribution in [0.15, 0.2) is 36.5 Å². The number of amides is 1. The topological polar surface area (TPSA) is 189 Å². The van der Waals surface area contributed by atoms with E-state index in [2.05, 4.69) is 55.6 Å². The Labute approximate surface area is 498 Å². The van der Waals surface area contributed by atoms with Gasteiger partial charge in [-0.25, -0.2) is 0 Å². The molecule has 0 saturated carbocycles. The van der Waals surface area contributed by atoms with Crippen molar-refractivity contribution in [2.45, 2.75) is 390 Å². The molecule has 0 radical (unpaired) electrons. The van der Waals surface area contributed by atoms with Gasteiger partial charge in [0.15, 0.2) is 6.29 Å². The summed E-state index contributed by atoms with van der Waals surface area (Å²) in [6.45, 7) is 3.48. The molecule has 1 fully saturated rings. The first-order chi connectivity index (χ1) is 39.7. The molecule has 81 heavy (non-hydrogen) atoms. The molecule has 1 aliphatic heterocycles. The third-order valence-electron chi connectivity index (χ3n) is 16.9. The van der Waals surface area contributed by atoms with Crippen molar-refractivity contribution in [1.82, 2.24) is 5.32 Å². The maximum absolute atomic E-state index is 13.2. The zero-order valence-electron chi connectivity index (χ0n) is 52.8. The molecule has 1 amide bonds. The average molecular weight is 1150 g/mol. The molecular formula is C70H133NO10. The predicted octanol–water partition coefficient (Wildman–Crippen LogP) is 16.6. The van der Waals surface area contributed by atoms with Gasteiger partial charge in [-0.1, -0.05) is 301 Å². The van der Waals surface area contributed by atoms with Crippen molar-refractivity contribution < 1.29 is 50.0 Å². The maximum atomic E-state index is 13.2. The number of ether oxygens (including phenoxy) is 2. The Morgan fingerprint density at radius 2 is 0.765 bits per heavy atom. The van der Waals surface area contributed by atoms with Crippen LogP contribution in [0.1, 0.15) is 335 Å². The zero-order chi connectivity index (χ0) is 58.9. The number of carbonyl (C=O) groups excluding carboxylic acids is 1. The molecule has 8 N–H and O–H groups in total. The second kappa shape index (κ2) is 58.7. The third kappa shape index (κ3) is 46.3. The molecule has 11 nitrogen and oxygen atoms in total. The molecule has 11 heteroatoms. The van der Waals surface area contributed by atoms with Gasteiger partial charge >= 0.3 is 0 Å². The normalized spacial score (nSPS) is 19.3. The molecular weight excluding hydrogens is 1010 g/mol. The number of hydrogen-bond donors (Lipinski definition) is 8. The van der Waals surface area contributed by atoms with Gasteiger partial charge in [0.05, 0.1) is 25.4 Å². The number of nitrogens with one attached hydrogen (secondary N) is 1. The fraction of sp³-hybridized carbons (Fsp3) is 0.900. The Bertz CT molecular complexity index is 1410. The van der Waals surface area contributed by atoms with E-state index >= 15 is 0 Å². The molecule has 1 heterocycles. The lowest BCUT2D eigenvalue weighted by molar-refractivity contribution is -0.303. The minimum absolute atomic E-state index is 0.255. The number of rotatable bonds is 61. The van der Waals surface area contributed by atoms with E-state index in [1.165, 1.54) is 250 Å². The molecule has 9 unspecified atom stereocenters. The van der Waals surface area contributed by atoms with Crippen LogP contribution >= 0.6 is 0 Å². The summed E-state index contributed by atoms with van der Waals surface area (Å²) in [5.74, 6) is -0.702. The van der Waals surface area contributed by atoms with Gasteiger partial charge in [-0.2, -0.15) is 0 Å². The predicted molar refractivity (Wildman–Crippen MR) is 339 cm³/mol. The second-order valence-corrected chi connectivity index (χ2v) is 24.6. The van der Waals surface area contributed by atoms with Gasteiger partial charge in [0.2, 0.25) is 5.91 Å². The van der Waals surface area contributed by atoms with Crippen LogP contribution in [0, 0.1) is 0 Å². The van der Waals surface area contributed by atoms with Crippen molar-refractivity contribution in [1.29, 1.82) is 0 Å². The Morgan fingerprint density at radius 3 is 1.14 bits per heavy atom. The van der Waals surface area contributed by atoms with Crippen LogP contribution in [0.3, 0.4) is 0 Å². The van der Waals surface area contributed by atoms with Gasteiger partial charge in [-0.15, -0.1) is 0 Å². The van der Waals surface area contributed by atoms with Gasteiger partial charge < -0.3 is 50.5 Å². The average Bonchev–Trinajstić information content (AvgIpc) is 3.51. The Balaban J connectivity index is 2.16. The first-order valence-corrected chi connectivity index (χ1v) is 34.9. The molecule has 0 aromatic carbocycles. The van der Waals surface area contributed by atoms with E-state index in [0.29, 0.717) is 12.8 Å². The highest BCUT2D eigenvalue weighted by molar-refractivity contribution is 5.80. The van der Waals surface area contributed by atoms with Crippen molar-refractivity contribution in [3.63, 3.8) is 0 Å². The minimum atomic E-state index is -1.67. The van der Waals surface area contributed by atoms with E-state index < -0.39 is 74.2 Å². The summed E-state index contributed by atoms with van der Waals surface area (Å²) in [6.07, 6.45) is 63.8. The molecule has 1 aliphatic rings. The second-order valence-electron chi connectivity index (χ2n) is 24.6. The van der Waals surface area contributed by atoms with Crippen LogP contribution in [0.4, 0.5) is 0 Å². The number of unbranched alkanes of at least 4 members (excludes halogenated alkanes) is 43. The smallest absolute Gasteiger partial charge is 0.249 e. The van der Waals surface area contributed by atoms with E-state index in [1.54, 1.807) is 0 Å². The van der Waals surface area contributed by atoms with Crippen LogP contribution < -0.4 is 5.32 Å². The molecule has 1 saturated heterocycles.